The van der Waals surface area contributed by atoms with Crippen LogP contribution >= 0.6 is 0 Å². The van der Waals surface area contributed by atoms with E-state index in [4.69, 9.17) is 5.26 Å². The van der Waals surface area contributed by atoms with Crippen LogP contribution in [0.2, 0.25) is 0 Å². The van der Waals surface area contributed by atoms with Crippen LogP contribution in [0, 0.1) is 23.5 Å². The standard InChI is InChI=1S/C9H7N/c1-2-8-4-3-5-9(6-8)7-10/h4,6H,2H2,1H3. The molecule has 0 unspecified atom stereocenters. The molecule has 0 aliphatic heterocycles. The van der Waals surface area contributed by atoms with Crippen molar-refractivity contribution in [3.05, 3.63) is 35.4 Å². The van der Waals surface area contributed by atoms with E-state index in [9.17, 15) is 0 Å². The second kappa shape index (κ2) is 2.90. The Kier molecular flexibility index (Phi) is 1.92. The number of nitriles is 1. The quantitative estimate of drug-likeness (QED) is 0.566. The molecule has 0 fully saturated rings. The Morgan fingerprint density at radius 2 is 2.50 bits per heavy atom. The summed E-state index contributed by atoms with van der Waals surface area (Å²) < 4.78 is 0. The lowest BCUT2D eigenvalue weighted by atomic mass is 10.1. The van der Waals surface area contributed by atoms with Gasteiger partial charge < -0.3 is 0 Å². The molecule has 1 nitrogen and oxygen atoms in total. The summed E-state index contributed by atoms with van der Waals surface area (Å²) in [5.74, 6) is 0. The smallest absolute Gasteiger partial charge is 0.108 e. The minimum absolute atomic E-state index is 0.569. The van der Waals surface area contributed by atoms with Crippen LogP contribution < -0.4 is 0 Å². The van der Waals surface area contributed by atoms with Gasteiger partial charge in [0.1, 0.15) is 11.6 Å². The van der Waals surface area contributed by atoms with Gasteiger partial charge in [0.15, 0.2) is 0 Å². The van der Waals surface area contributed by atoms with Crippen molar-refractivity contribution in [3.8, 4) is 6.07 Å². The minimum atomic E-state index is 0.569. The zero-order chi connectivity index (χ0) is 7.40. The Morgan fingerprint density at radius 1 is 1.70 bits per heavy atom. The maximum absolute atomic E-state index is 8.46. The van der Waals surface area contributed by atoms with Crippen LogP contribution in [0.5, 0.6) is 0 Å². The molecule has 0 aromatic heterocycles. The van der Waals surface area contributed by atoms with Gasteiger partial charge in [-0.25, -0.2) is 0 Å². The summed E-state index contributed by atoms with van der Waals surface area (Å²) in [5, 5.41) is 8.46. The highest BCUT2D eigenvalue weighted by atomic mass is 14.2. The second-order valence-corrected chi connectivity index (χ2v) is 2.01. The van der Waals surface area contributed by atoms with Crippen molar-refractivity contribution >= 4 is 0 Å². The number of rotatable bonds is 1. The molecule has 1 aromatic rings. The van der Waals surface area contributed by atoms with Crippen LogP contribution in [0.3, 0.4) is 0 Å². The van der Waals surface area contributed by atoms with E-state index in [0.717, 1.165) is 12.0 Å². The third-order valence-corrected chi connectivity index (χ3v) is 1.32. The van der Waals surface area contributed by atoms with Crippen LogP contribution in [-0.2, 0) is 6.42 Å². The summed E-state index contributed by atoms with van der Waals surface area (Å²) >= 11 is 0. The molecule has 0 saturated heterocycles. The van der Waals surface area contributed by atoms with Gasteiger partial charge in [-0.3, -0.25) is 0 Å². The average molecular weight is 129 g/mol. The molecule has 0 saturated carbocycles. The summed E-state index contributed by atoms with van der Waals surface area (Å²) in [6.07, 6.45) is 0.944. The monoisotopic (exact) mass is 129 g/mol. The second-order valence-electron chi connectivity index (χ2n) is 2.01. The van der Waals surface area contributed by atoms with Gasteiger partial charge in [0.05, 0.1) is 0 Å². The zero-order valence-corrected chi connectivity index (χ0v) is 5.81. The van der Waals surface area contributed by atoms with Crippen molar-refractivity contribution in [1.82, 2.24) is 0 Å². The fourth-order valence-corrected chi connectivity index (χ4v) is 0.734. The summed E-state index contributed by atoms with van der Waals surface area (Å²) in [6, 6.07) is 11.2. The van der Waals surface area contributed by atoms with Gasteiger partial charge in [-0.05, 0) is 24.1 Å². The van der Waals surface area contributed by atoms with Crippen LogP contribution in [0.15, 0.2) is 12.1 Å². The predicted octanol–water partition coefficient (Wildman–Crippen LogP) is 1.72. The van der Waals surface area contributed by atoms with Gasteiger partial charge in [0.25, 0.3) is 0 Å². The number of hydrogen-bond donors (Lipinski definition) is 0. The van der Waals surface area contributed by atoms with Gasteiger partial charge >= 0.3 is 0 Å². The van der Waals surface area contributed by atoms with Crippen molar-refractivity contribution in [2.45, 2.75) is 13.3 Å². The third kappa shape index (κ3) is 1.27. The van der Waals surface area contributed by atoms with E-state index in [1.54, 1.807) is 0 Å². The van der Waals surface area contributed by atoms with E-state index in [1.807, 2.05) is 25.1 Å². The first kappa shape index (κ1) is 6.65. The van der Waals surface area contributed by atoms with Crippen LogP contribution in [0.25, 0.3) is 0 Å². The summed E-state index contributed by atoms with van der Waals surface area (Å²) in [5.41, 5.74) is 1.70. The molecule has 0 spiro atoms. The van der Waals surface area contributed by atoms with Crippen molar-refractivity contribution in [2.75, 3.05) is 0 Å². The van der Waals surface area contributed by atoms with E-state index in [-0.39, 0.29) is 0 Å². The Hall–Kier alpha value is -1.47. The van der Waals surface area contributed by atoms with E-state index < -0.39 is 0 Å². The SMILES string of the molecule is CCc1cc#cc(C#N)c1. The van der Waals surface area contributed by atoms with Gasteiger partial charge in [0.2, 0.25) is 0 Å². The maximum atomic E-state index is 8.46. The molecule has 0 heterocycles. The fraction of sp³-hybridized carbons (Fsp3) is 0.222. The fourth-order valence-electron chi connectivity index (χ4n) is 0.734. The lowest BCUT2D eigenvalue weighted by molar-refractivity contribution is 1.14. The van der Waals surface area contributed by atoms with Crippen LogP contribution in [0.1, 0.15) is 18.1 Å². The predicted molar refractivity (Wildman–Crippen MR) is 38.2 cm³/mol. The van der Waals surface area contributed by atoms with Crippen molar-refractivity contribution in [1.29, 1.82) is 5.26 Å². The van der Waals surface area contributed by atoms with Crippen LogP contribution in [0.4, 0.5) is 0 Å². The average Bonchev–Trinajstić information content (AvgIpc) is 2.05. The van der Waals surface area contributed by atoms with Gasteiger partial charge in [0, 0.05) is 0 Å². The van der Waals surface area contributed by atoms with Crippen molar-refractivity contribution < 1.29 is 0 Å². The number of aryl methyl sites for hydroxylation is 1. The Morgan fingerprint density at radius 3 is 3.10 bits per heavy atom. The molecular formula is C9H7N. The molecule has 0 N–H and O–H groups in total. The minimum Gasteiger partial charge on any atom is -0.192 e. The molecule has 0 amide bonds. The van der Waals surface area contributed by atoms with E-state index in [1.165, 1.54) is 0 Å². The Bertz CT molecular complexity index is 258. The maximum Gasteiger partial charge on any atom is 0.108 e. The number of hydrogen-bond acceptors (Lipinski definition) is 1. The topological polar surface area (TPSA) is 23.8 Å². The van der Waals surface area contributed by atoms with E-state index >= 15 is 0 Å². The molecule has 1 aromatic carbocycles. The molecule has 0 bridgehead atoms. The largest absolute Gasteiger partial charge is 0.192 e. The molecular weight excluding hydrogens is 122 g/mol. The summed E-state index contributed by atoms with van der Waals surface area (Å²) in [7, 11) is 0. The highest BCUT2D eigenvalue weighted by Crippen LogP contribution is 1.99. The molecule has 0 atom stereocenters. The first-order chi connectivity index (χ1) is 4.86. The molecule has 0 radical (unpaired) electrons. The van der Waals surface area contributed by atoms with Gasteiger partial charge in [-0.15, -0.1) is 0 Å². The normalized spacial score (nSPS) is 8.00. The zero-order valence-electron chi connectivity index (χ0n) is 5.81. The van der Waals surface area contributed by atoms with Crippen LogP contribution in [-0.4, -0.2) is 0 Å². The molecule has 0 aliphatic rings. The Labute approximate surface area is 60.9 Å². The summed E-state index contributed by atoms with van der Waals surface area (Å²) in [6.45, 7) is 2.05. The highest BCUT2D eigenvalue weighted by molar-refractivity contribution is 5.28. The third-order valence-electron chi connectivity index (χ3n) is 1.32. The highest BCUT2D eigenvalue weighted by Gasteiger charge is 1.88. The molecule has 1 rings (SSSR count). The molecule has 1 heteroatoms. The first-order valence-corrected chi connectivity index (χ1v) is 3.19. The van der Waals surface area contributed by atoms with Gasteiger partial charge in [-0.2, -0.15) is 5.26 Å². The van der Waals surface area contributed by atoms with Gasteiger partial charge in [-0.1, -0.05) is 19.1 Å². The van der Waals surface area contributed by atoms with Crippen molar-refractivity contribution in [3.63, 3.8) is 0 Å². The first-order valence-electron chi connectivity index (χ1n) is 3.19. The lowest BCUT2D eigenvalue weighted by Crippen LogP contribution is -1.78. The van der Waals surface area contributed by atoms with Crippen molar-refractivity contribution in [2.24, 2.45) is 0 Å². The van der Waals surface area contributed by atoms with E-state index in [0.29, 0.717) is 5.56 Å². The summed E-state index contributed by atoms with van der Waals surface area (Å²) in [4.78, 5) is 0. The lowest BCUT2D eigenvalue weighted by Gasteiger charge is -1.89. The molecule has 48 valence electrons. The van der Waals surface area contributed by atoms with E-state index in [2.05, 4.69) is 12.1 Å². The molecule has 10 heavy (non-hydrogen) atoms. The Balaban J connectivity index is 3.01. The molecule has 0 aliphatic carbocycles. The number of nitrogens with zero attached hydrogens (tertiary/aromatic N) is 1.